The van der Waals surface area contributed by atoms with Gasteiger partial charge in [-0.15, -0.1) is 0 Å². The highest BCUT2D eigenvalue weighted by Crippen LogP contribution is 2.20. The topological polar surface area (TPSA) is 76.4 Å². The quantitative estimate of drug-likeness (QED) is 0.826. The van der Waals surface area contributed by atoms with Crippen LogP contribution in [0.5, 0.6) is 0 Å². The van der Waals surface area contributed by atoms with Crippen LogP contribution in [0.25, 0.3) is 0 Å². The van der Waals surface area contributed by atoms with Crippen LogP contribution in [0.15, 0.2) is 6.07 Å². The number of hydrogen-bond donors (Lipinski definition) is 2. The third kappa shape index (κ3) is 3.58. The number of carbonyl (C=O) groups excluding carboxylic acids is 1. The summed E-state index contributed by atoms with van der Waals surface area (Å²) < 4.78 is 7.12. The van der Waals surface area contributed by atoms with E-state index in [9.17, 15) is 9.90 Å². The summed E-state index contributed by atoms with van der Waals surface area (Å²) in [6.07, 6.45) is 1.69. The molecule has 2 N–H and O–H groups in total. The first kappa shape index (κ1) is 15.0. The third-order valence-electron chi connectivity index (χ3n) is 3.81. The van der Waals surface area contributed by atoms with Crippen molar-refractivity contribution in [1.82, 2.24) is 15.1 Å². The van der Waals surface area contributed by atoms with Gasteiger partial charge in [-0.3, -0.25) is 9.48 Å². The van der Waals surface area contributed by atoms with Gasteiger partial charge in [0.1, 0.15) is 0 Å². The van der Waals surface area contributed by atoms with E-state index >= 15 is 0 Å². The number of aromatic nitrogens is 2. The van der Waals surface area contributed by atoms with Crippen molar-refractivity contribution in [2.75, 3.05) is 19.8 Å². The summed E-state index contributed by atoms with van der Waals surface area (Å²) >= 11 is 0. The van der Waals surface area contributed by atoms with Crippen LogP contribution >= 0.6 is 0 Å². The van der Waals surface area contributed by atoms with Crippen LogP contribution in [0.2, 0.25) is 0 Å². The van der Waals surface area contributed by atoms with Gasteiger partial charge in [0.05, 0.1) is 17.8 Å². The molecule has 0 atom stereocenters. The minimum atomic E-state index is -0.510. The molecule has 0 aromatic carbocycles. The first-order chi connectivity index (χ1) is 9.54. The minimum Gasteiger partial charge on any atom is -0.394 e. The first-order valence-corrected chi connectivity index (χ1v) is 7.05. The number of carbonyl (C=O) groups is 1. The lowest BCUT2D eigenvalue weighted by Crippen LogP contribution is -2.54. The van der Waals surface area contributed by atoms with Gasteiger partial charge in [-0.05, 0) is 32.8 Å². The second-order valence-corrected chi connectivity index (χ2v) is 5.50. The molecule has 0 aliphatic carbocycles. The molecule has 6 nitrogen and oxygen atoms in total. The molecule has 0 saturated carbocycles. The standard InChI is InChI=1S/C14H23N3O3/c1-11-9-12(2)17(16-11)6-3-13(19)15-14(10-18)4-7-20-8-5-14/h9,18H,3-8,10H2,1-2H3,(H,15,19). The molecule has 1 amide bonds. The number of rotatable bonds is 5. The number of nitrogens with zero attached hydrogens (tertiary/aromatic N) is 2. The Labute approximate surface area is 119 Å². The first-order valence-electron chi connectivity index (χ1n) is 7.05. The highest BCUT2D eigenvalue weighted by molar-refractivity contribution is 5.76. The lowest BCUT2D eigenvalue weighted by Gasteiger charge is -2.36. The number of nitrogens with one attached hydrogen (secondary N) is 1. The fourth-order valence-corrected chi connectivity index (χ4v) is 2.55. The Balaban J connectivity index is 1.87. The van der Waals surface area contributed by atoms with Crippen LogP contribution in [0, 0.1) is 13.8 Å². The predicted molar refractivity (Wildman–Crippen MR) is 74.3 cm³/mol. The molecule has 2 heterocycles. The van der Waals surface area contributed by atoms with Crippen molar-refractivity contribution in [1.29, 1.82) is 0 Å². The predicted octanol–water partition coefficient (Wildman–Crippen LogP) is 0.548. The van der Waals surface area contributed by atoms with Crippen molar-refractivity contribution in [3.63, 3.8) is 0 Å². The number of aryl methyl sites for hydroxylation is 3. The largest absolute Gasteiger partial charge is 0.394 e. The van der Waals surface area contributed by atoms with E-state index in [1.807, 2.05) is 24.6 Å². The van der Waals surface area contributed by atoms with Crippen LogP contribution in [0.1, 0.15) is 30.7 Å². The monoisotopic (exact) mass is 281 g/mol. The Hall–Kier alpha value is -1.40. The fourth-order valence-electron chi connectivity index (χ4n) is 2.55. The van der Waals surface area contributed by atoms with Gasteiger partial charge in [-0.25, -0.2) is 0 Å². The molecule has 0 spiro atoms. The average Bonchev–Trinajstić information content (AvgIpc) is 2.76. The normalized spacial score (nSPS) is 17.9. The van der Waals surface area contributed by atoms with Gasteiger partial charge >= 0.3 is 0 Å². The second-order valence-electron chi connectivity index (χ2n) is 5.50. The zero-order valence-electron chi connectivity index (χ0n) is 12.2. The summed E-state index contributed by atoms with van der Waals surface area (Å²) in [5, 5.41) is 16.8. The number of aliphatic hydroxyl groups excluding tert-OH is 1. The molecule has 1 aliphatic rings. The van der Waals surface area contributed by atoms with E-state index in [4.69, 9.17) is 4.74 Å². The van der Waals surface area contributed by atoms with E-state index in [-0.39, 0.29) is 12.5 Å². The van der Waals surface area contributed by atoms with Crippen molar-refractivity contribution < 1.29 is 14.6 Å². The maximum atomic E-state index is 12.1. The van der Waals surface area contributed by atoms with Crippen LogP contribution < -0.4 is 5.32 Å². The van der Waals surface area contributed by atoms with Crippen LogP contribution in [0.3, 0.4) is 0 Å². The zero-order valence-corrected chi connectivity index (χ0v) is 12.2. The summed E-state index contributed by atoms with van der Waals surface area (Å²) in [4.78, 5) is 12.1. The molecule has 1 saturated heterocycles. The van der Waals surface area contributed by atoms with Gasteiger partial charge in [0.15, 0.2) is 0 Å². The smallest absolute Gasteiger partial charge is 0.222 e. The molecule has 0 bridgehead atoms. The molecular formula is C14H23N3O3. The van der Waals surface area contributed by atoms with Gasteiger partial charge in [0.2, 0.25) is 5.91 Å². The van der Waals surface area contributed by atoms with Crippen molar-refractivity contribution >= 4 is 5.91 Å². The Morgan fingerprint density at radius 1 is 1.50 bits per heavy atom. The summed E-state index contributed by atoms with van der Waals surface area (Å²) in [5.74, 6) is -0.0477. The molecular weight excluding hydrogens is 258 g/mol. The van der Waals surface area contributed by atoms with E-state index in [1.165, 1.54) is 0 Å². The fraction of sp³-hybridized carbons (Fsp3) is 0.714. The van der Waals surface area contributed by atoms with E-state index in [2.05, 4.69) is 10.4 Å². The molecule has 0 radical (unpaired) electrons. The SMILES string of the molecule is Cc1cc(C)n(CCC(=O)NC2(CO)CCOCC2)n1. The van der Waals surface area contributed by atoms with Crippen LogP contribution in [0.4, 0.5) is 0 Å². The second kappa shape index (κ2) is 6.37. The number of ether oxygens (including phenoxy) is 1. The summed E-state index contributed by atoms with van der Waals surface area (Å²) in [6, 6.07) is 1.99. The lowest BCUT2D eigenvalue weighted by atomic mass is 9.91. The zero-order chi connectivity index (χ0) is 14.6. The number of hydrogen-bond acceptors (Lipinski definition) is 4. The third-order valence-corrected chi connectivity index (χ3v) is 3.81. The summed E-state index contributed by atoms with van der Waals surface area (Å²) in [5.41, 5.74) is 1.50. The van der Waals surface area contributed by atoms with Crippen molar-refractivity contribution in [3.05, 3.63) is 17.5 Å². The van der Waals surface area contributed by atoms with Gasteiger partial charge < -0.3 is 15.2 Å². The highest BCUT2D eigenvalue weighted by Gasteiger charge is 2.33. The summed E-state index contributed by atoms with van der Waals surface area (Å²) in [7, 11) is 0. The van der Waals surface area contributed by atoms with Crippen LogP contribution in [-0.2, 0) is 16.1 Å². The lowest BCUT2D eigenvalue weighted by molar-refractivity contribution is -0.125. The van der Waals surface area contributed by atoms with Gasteiger partial charge in [-0.2, -0.15) is 5.10 Å². The molecule has 2 rings (SSSR count). The maximum absolute atomic E-state index is 12.1. The highest BCUT2D eigenvalue weighted by atomic mass is 16.5. The number of aliphatic hydroxyl groups is 1. The Bertz CT molecular complexity index is 464. The molecule has 1 aromatic rings. The van der Waals surface area contributed by atoms with Crippen molar-refractivity contribution in [3.8, 4) is 0 Å². The van der Waals surface area contributed by atoms with Gasteiger partial charge in [0, 0.05) is 31.9 Å². The van der Waals surface area contributed by atoms with Crippen molar-refractivity contribution in [2.24, 2.45) is 0 Å². The Kier molecular flexibility index (Phi) is 4.77. The van der Waals surface area contributed by atoms with Gasteiger partial charge in [0.25, 0.3) is 0 Å². The molecule has 6 heteroatoms. The van der Waals surface area contributed by atoms with E-state index in [1.54, 1.807) is 0 Å². The maximum Gasteiger partial charge on any atom is 0.222 e. The van der Waals surface area contributed by atoms with E-state index in [0.717, 1.165) is 11.4 Å². The minimum absolute atomic E-state index is 0.0397. The molecule has 20 heavy (non-hydrogen) atoms. The number of amides is 1. The van der Waals surface area contributed by atoms with Crippen molar-refractivity contribution in [2.45, 2.75) is 45.2 Å². The van der Waals surface area contributed by atoms with E-state index in [0.29, 0.717) is 39.0 Å². The van der Waals surface area contributed by atoms with E-state index < -0.39 is 5.54 Å². The Morgan fingerprint density at radius 3 is 2.75 bits per heavy atom. The Morgan fingerprint density at radius 2 is 2.20 bits per heavy atom. The summed E-state index contributed by atoms with van der Waals surface area (Å²) in [6.45, 7) is 5.60. The molecule has 0 unspecified atom stereocenters. The molecule has 1 aromatic heterocycles. The molecule has 1 fully saturated rings. The van der Waals surface area contributed by atoms with Gasteiger partial charge in [-0.1, -0.05) is 0 Å². The molecule has 1 aliphatic heterocycles. The average molecular weight is 281 g/mol. The molecule has 112 valence electrons. The van der Waals surface area contributed by atoms with Crippen LogP contribution in [-0.4, -0.2) is 46.2 Å².